The lowest BCUT2D eigenvalue weighted by Gasteiger charge is -2.38. The van der Waals surface area contributed by atoms with Crippen LogP contribution in [-0.2, 0) is 4.79 Å². The van der Waals surface area contributed by atoms with Crippen LogP contribution in [0.2, 0.25) is 0 Å². The zero-order chi connectivity index (χ0) is 14.4. The topological polar surface area (TPSA) is 58.4 Å². The summed E-state index contributed by atoms with van der Waals surface area (Å²) in [6.45, 7) is 5.85. The van der Waals surface area contributed by atoms with E-state index in [1.807, 2.05) is 0 Å². The highest BCUT2D eigenvalue weighted by atomic mass is 16.1. The van der Waals surface area contributed by atoms with E-state index in [0.29, 0.717) is 18.5 Å². The first kappa shape index (κ1) is 15.8. The van der Waals surface area contributed by atoms with Crippen LogP contribution in [0.3, 0.4) is 0 Å². The molecule has 2 fully saturated rings. The number of nitrogens with zero attached hydrogens (tertiary/aromatic N) is 1. The van der Waals surface area contributed by atoms with Crippen LogP contribution < -0.4 is 11.1 Å². The number of carbonyl (C=O) groups excluding carboxylic acids is 1. The molecule has 0 aromatic carbocycles. The van der Waals surface area contributed by atoms with E-state index in [2.05, 4.69) is 17.1 Å². The third-order valence-electron chi connectivity index (χ3n) is 4.86. The van der Waals surface area contributed by atoms with Crippen LogP contribution in [0.5, 0.6) is 0 Å². The lowest BCUT2D eigenvalue weighted by atomic mass is 9.90. The standard InChI is InChI=1S/C16H31N3O/c1-2-5-14-8-15(11-19(10-14)12-16(17)20)18-9-13-6-3-4-7-13/h13-15,18H,2-12H2,1H3,(H2,17,20). The van der Waals surface area contributed by atoms with Gasteiger partial charge in [-0.05, 0) is 44.1 Å². The molecule has 1 amide bonds. The van der Waals surface area contributed by atoms with Crippen molar-refractivity contribution in [1.29, 1.82) is 0 Å². The zero-order valence-corrected chi connectivity index (χ0v) is 12.9. The van der Waals surface area contributed by atoms with Crippen molar-refractivity contribution >= 4 is 5.91 Å². The van der Waals surface area contributed by atoms with E-state index in [1.54, 1.807) is 0 Å². The van der Waals surface area contributed by atoms with Gasteiger partial charge in [-0.25, -0.2) is 0 Å². The summed E-state index contributed by atoms with van der Waals surface area (Å²) in [5, 5.41) is 3.76. The second-order valence-electron chi connectivity index (χ2n) is 6.81. The van der Waals surface area contributed by atoms with Crippen molar-refractivity contribution in [2.75, 3.05) is 26.2 Å². The molecule has 0 radical (unpaired) electrons. The van der Waals surface area contributed by atoms with E-state index >= 15 is 0 Å². The molecule has 2 unspecified atom stereocenters. The average Bonchev–Trinajstić information content (AvgIpc) is 2.89. The lowest BCUT2D eigenvalue weighted by molar-refractivity contribution is -0.119. The minimum Gasteiger partial charge on any atom is -0.369 e. The molecule has 3 N–H and O–H groups in total. The van der Waals surface area contributed by atoms with Crippen LogP contribution in [0.25, 0.3) is 0 Å². The molecule has 1 saturated heterocycles. The molecule has 1 heterocycles. The summed E-state index contributed by atoms with van der Waals surface area (Å²) in [6, 6.07) is 0.542. The van der Waals surface area contributed by atoms with Gasteiger partial charge >= 0.3 is 0 Å². The lowest BCUT2D eigenvalue weighted by Crippen LogP contribution is -2.51. The molecule has 4 nitrogen and oxygen atoms in total. The van der Waals surface area contributed by atoms with E-state index in [4.69, 9.17) is 5.73 Å². The van der Waals surface area contributed by atoms with E-state index in [-0.39, 0.29) is 5.91 Å². The first-order valence-electron chi connectivity index (χ1n) is 8.41. The smallest absolute Gasteiger partial charge is 0.231 e. The highest BCUT2D eigenvalue weighted by molar-refractivity contribution is 5.75. The molecule has 0 spiro atoms. The molecule has 2 aliphatic rings. The summed E-state index contributed by atoms with van der Waals surface area (Å²) < 4.78 is 0. The Morgan fingerprint density at radius 2 is 2.00 bits per heavy atom. The molecule has 1 saturated carbocycles. The molecule has 116 valence electrons. The van der Waals surface area contributed by atoms with Gasteiger partial charge in [0, 0.05) is 19.1 Å². The number of piperidine rings is 1. The first-order chi connectivity index (χ1) is 9.67. The van der Waals surface area contributed by atoms with Crippen molar-refractivity contribution in [2.45, 2.75) is 57.9 Å². The van der Waals surface area contributed by atoms with Gasteiger partial charge in [0.05, 0.1) is 6.54 Å². The summed E-state index contributed by atoms with van der Waals surface area (Å²) in [5.74, 6) is 1.40. The molecule has 2 rings (SSSR count). The maximum atomic E-state index is 11.2. The minimum atomic E-state index is -0.198. The number of hydrogen-bond acceptors (Lipinski definition) is 3. The Morgan fingerprint density at radius 1 is 1.25 bits per heavy atom. The molecule has 2 atom stereocenters. The van der Waals surface area contributed by atoms with Gasteiger partial charge in [0.2, 0.25) is 5.91 Å². The highest BCUT2D eigenvalue weighted by Gasteiger charge is 2.28. The number of nitrogens with one attached hydrogen (secondary N) is 1. The summed E-state index contributed by atoms with van der Waals surface area (Å²) in [7, 11) is 0. The maximum Gasteiger partial charge on any atom is 0.231 e. The van der Waals surface area contributed by atoms with Gasteiger partial charge in [-0.3, -0.25) is 9.69 Å². The summed E-state index contributed by atoms with van der Waals surface area (Å²) in [6.07, 6.45) is 9.34. The van der Waals surface area contributed by atoms with Crippen LogP contribution in [0.4, 0.5) is 0 Å². The number of likely N-dealkylation sites (tertiary alicyclic amines) is 1. The number of amides is 1. The van der Waals surface area contributed by atoms with Crippen molar-refractivity contribution in [3.05, 3.63) is 0 Å². The molecule has 0 aromatic rings. The normalized spacial score (nSPS) is 28.9. The maximum absolute atomic E-state index is 11.2. The fourth-order valence-electron chi connectivity index (χ4n) is 3.97. The minimum absolute atomic E-state index is 0.198. The Hall–Kier alpha value is -0.610. The first-order valence-corrected chi connectivity index (χ1v) is 8.41. The van der Waals surface area contributed by atoms with Gasteiger partial charge in [-0.2, -0.15) is 0 Å². The Morgan fingerprint density at radius 3 is 2.65 bits per heavy atom. The number of primary amides is 1. The molecular formula is C16H31N3O. The van der Waals surface area contributed by atoms with E-state index in [0.717, 1.165) is 25.6 Å². The molecule has 4 heteroatoms. The fraction of sp³-hybridized carbons (Fsp3) is 0.938. The van der Waals surface area contributed by atoms with Crippen LogP contribution in [0.1, 0.15) is 51.9 Å². The molecule has 0 bridgehead atoms. The number of nitrogens with two attached hydrogens (primary N) is 1. The van der Waals surface area contributed by atoms with Gasteiger partial charge < -0.3 is 11.1 Å². The Kier molecular flexibility index (Phi) is 6.30. The van der Waals surface area contributed by atoms with Crippen molar-refractivity contribution < 1.29 is 4.79 Å². The van der Waals surface area contributed by atoms with Crippen molar-refractivity contribution in [1.82, 2.24) is 10.2 Å². The predicted molar refractivity (Wildman–Crippen MR) is 82.4 cm³/mol. The largest absolute Gasteiger partial charge is 0.369 e. The second kappa shape index (κ2) is 7.99. The highest BCUT2D eigenvalue weighted by Crippen LogP contribution is 2.25. The van der Waals surface area contributed by atoms with Gasteiger partial charge in [0.25, 0.3) is 0 Å². The van der Waals surface area contributed by atoms with Crippen molar-refractivity contribution in [2.24, 2.45) is 17.6 Å². The Labute approximate surface area is 123 Å². The molecule has 1 aliphatic carbocycles. The summed E-state index contributed by atoms with van der Waals surface area (Å²) in [5.41, 5.74) is 5.36. The fourth-order valence-corrected chi connectivity index (χ4v) is 3.97. The quantitative estimate of drug-likeness (QED) is 0.747. The van der Waals surface area contributed by atoms with Gasteiger partial charge in [-0.15, -0.1) is 0 Å². The number of hydrogen-bond donors (Lipinski definition) is 2. The molecule has 1 aliphatic heterocycles. The average molecular weight is 281 g/mol. The van der Waals surface area contributed by atoms with E-state index in [9.17, 15) is 4.79 Å². The second-order valence-corrected chi connectivity index (χ2v) is 6.81. The predicted octanol–water partition coefficient (Wildman–Crippen LogP) is 1.74. The monoisotopic (exact) mass is 281 g/mol. The van der Waals surface area contributed by atoms with Crippen molar-refractivity contribution in [3.63, 3.8) is 0 Å². The SMILES string of the molecule is CCCC1CC(NCC2CCCC2)CN(CC(N)=O)C1. The molecular weight excluding hydrogens is 250 g/mol. The van der Waals surface area contributed by atoms with Crippen LogP contribution in [0, 0.1) is 11.8 Å². The molecule has 0 aromatic heterocycles. The van der Waals surface area contributed by atoms with Crippen molar-refractivity contribution in [3.8, 4) is 0 Å². The van der Waals surface area contributed by atoms with Gasteiger partial charge in [0.1, 0.15) is 0 Å². The molecule has 20 heavy (non-hydrogen) atoms. The Bertz CT molecular complexity index is 302. The van der Waals surface area contributed by atoms with Crippen LogP contribution in [-0.4, -0.2) is 43.0 Å². The summed E-state index contributed by atoms with van der Waals surface area (Å²) >= 11 is 0. The number of carbonyl (C=O) groups is 1. The number of rotatable bonds is 7. The summed E-state index contributed by atoms with van der Waals surface area (Å²) in [4.78, 5) is 13.4. The Balaban J connectivity index is 1.80. The zero-order valence-electron chi connectivity index (χ0n) is 12.9. The third-order valence-corrected chi connectivity index (χ3v) is 4.86. The van der Waals surface area contributed by atoms with Crippen LogP contribution >= 0.6 is 0 Å². The van der Waals surface area contributed by atoms with E-state index in [1.165, 1.54) is 44.9 Å². The van der Waals surface area contributed by atoms with Gasteiger partial charge in [-0.1, -0.05) is 26.2 Å². The van der Waals surface area contributed by atoms with E-state index < -0.39 is 0 Å². The third kappa shape index (κ3) is 5.06. The van der Waals surface area contributed by atoms with Gasteiger partial charge in [0.15, 0.2) is 0 Å². The van der Waals surface area contributed by atoms with Crippen LogP contribution in [0.15, 0.2) is 0 Å².